The van der Waals surface area contributed by atoms with Gasteiger partial charge in [0.1, 0.15) is 0 Å². The number of benzene rings is 8. The lowest BCUT2D eigenvalue weighted by Gasteiger charge is -2.27. The van der Waals surface area contributed by atoms with E-state index >= 15 is 0 Å². The van der Waals surface area contributed by atoms with Gasteiger partial charge in [-0.15, -0.1) is 0 Å². The number of hydrogen-bond donors (Lipinski definition) is 0. The molecule has 0 N–H and O–H groups in total. The van der Waals surface area contributed by atoms with Crippen LogP contribution in [0.25, 0.3) is 32.3 Å². The summed E-state index contributed by atoms with van der Waals surface area (Å²) >= 11 is 0. The van der Waals surface area contributed by atoms with E-state index in [1.807, 2.05) is 0 Å². The average Bonchev–Trinajstić information content (AvgIpc) is 3.09. The molecule has 8 aromatic rings. The molecule has 0 saturated heterocycles. The highest BCUT2D eigenvalue weighted by Crippen LogP contribution is 2.43. The monoisotopic (exact) mass is 618 g/mol. The minimum atomic E-state index is 1.14. The summed E-state index contributed by atoms with van der Waals surface area (Å²) < 4.78 is 0. The van der Waals surface area contributed by atoms with Gasteiger partial charge >= 0.3 is 0 Å². The minimum absolute atomic E-state index is 1.14. The van der Waals surface area contributed by atoms with E-state index in [1.54, 1.807) is 0 Å². The molecule has 0 bridgehead atoms. The van der Waals surface area contributed by atoms with Gasteiger partial charge in [0, 0.05) is 34.1 Å². The number of anilines is 6. The van der Waals surface area contributed by atoms with Crippen molar-refractivity contribution in [3.05, 3.63) is 180 Å². The Balaban J connectivity index is 1.36. The Morgan fingerprint density at radius 2 is 0.542 bits per heavy atom. The summed E-state index contributed by atoms with van der Waals surface area (Å²) in [5.74, 6) is 0. The van der Waals surface area contributed by atoms with Gasteiger partial charge in [0.15, 0.2) is 0 Å². The van der Waals surface area contributed by atoms with Gasteiger partial charge in [-0.05, 0) is 155 Å². The van der Waals surface area contributed by atoms with Crippen molar-refractivity contribution in [1.29, 1.82) is 0 Å². The smallest absolute Gasteiger partial charge is 0.0468 e. The molecule has 8 rings (SSSR count). The molecule has 0 unspecified atom stereocenters. The summed E-state index contributed by atoms with van der Waals surface area (Å²) in [6.45, 7) is 8.63. The first-order valence-electron chi connectivity index (χ1n) is 16.7. The predicted octanol–water partition coefficient (Wildman–Crippen LogP) is 13.3. The van der Waals surface area contributed by atoms with Crippen LogP contribution in [-0.2, 0) is 0 Å². The van der Waals surface area contributed by atoms with Crippen molar-refractivity contribution in [3.63, 3.8) is 0 Å². The summed E-state index contributed by atoms with van der Waals surface area (Å²) in [6, 6.07) is 57.9. The van der Waals surface area contributed by atoms with Gasteiger partial charge < -0.3 is 9.80 Å². The minimum Gasteiger partial charge on any atom is -0.310 e. The maximum Gasteiger partial charge on any atom is 0.0468 e. The second kappa shape index (κ2) is 12.1. The molecule has 232 valence electrons. The van der Waals surface area contributed by atoms with E-state index in [-0.39, 0.29) is 0 Å². The molecule has 0 saturated carbocycles. The zero-order chi connectivity index (χ0) is 32.8. The molecule has 0 atom stereocenters. The Morgan fingerprint density at radius 1 is 0.250 bits per heavy atom. The van der Waals surface area contributed by atoms with Crippen molar-refractivity contribution >= 4 is 66.4 Å². The number of hydrogen-bond acceptors (Lipinski definition) is 2. The van der Waals surface area contributed by atoms with Gasteiger partial charge in [-0.25, -0.2) is 0 Å². The topological polar surface area (TPSA) is 6.48 Å². The maximum atomic E-state index is 2.38. The number of rotatable bonds is 6. The van der Waals surface area contributed by atoms with Crippen LogP contribution in [0, 0.1) is 27.7 Å². The zero-order valence-corrected chi connectivity index (χ0v) is 27.9. The van der Waals surface area contributed by atoms with Gasteiger partial charge in [0.05, 0.1) is 0 Å². The maximum absolute atomic E-state index is 2.38. The fraction of sp³-hybridized carbons (Fsp3) is 0.0870. The second-order valence-corrected chi connectivity index (χ2v) is 13.0. The first-order valence-corrected chi connectivity index (χ1v) is 16.7. The molecule has 0 aliphatic rings. The first-order chi connectivity index (χ1) is 23.4. The summed E-state index contributed by atoms with van der Waals surface area (Å²) in [5, 5.41) is 7.52. The van der Waals surface area contributed by atoms with Crippen molar-refractivity contribution in [2.75, 3.05) is 9.80 Å². The van der Waals surface area contributed by atoms with E-state index in [0.717, 1.165) is 34.1 Å². The van der Waals surface area contributed by atoms with Crippen LogP contribution < -0.4 is 9.80 Å². The molecule has 0 spiro atoms. The molecule has 8 aromatic carbocycles. The van der Waals surface area contributed by atoms with Crippen LogP contribution in [0.4, 0.5) is 34.1 Å². The third-order valence-corrected chi connectivity index (χ3v) is 9.36. The fourth-order valence-corrected chi connectivity index (χ4v) is 7.17. The van der Waals surface area contributed by atoms with Gasteiger partial charge in [-0.3, -0.25) is 0 Å². The molecule has 0 fully saturated rings. The highest BCUT2D eigenvalue weighted by atomic mass is 15.1. The highest BCUT2D eigenvalue weighted by Gasteiger charge is 2.18. The lowest BCUT2D eigenvalue weighted by molar-refractivity contribution is 1.26. The van der Waals surface area contributed by atoms with Gasteiger partial charge in [0.25, 0.3) is 0 Å². The molecular weight excluding hydrogens is 581 g/mol. The van der Waals surface area contributed by atoms with Crippen molar-refractivity contribution in [2.24, 2.45) is 0 Å². The molecule has 0 heterocycles. The Kier molecular flexibility index (Phi) is 7.42. The Morgan fingerprint density at radius 3 is 0.854 bits per heavy atom. The largest absolute Gasteiger partial charge is 0.310 e. The van der Waals surface area contributed by atoms with Crippen molar-refractivity contribution in [1.82, 2.24) is 0 Å². The van der Waals surface area contributed by atoms with Crippen LogP contribution in [-0.4, -0.2) is 0 Å². The van der Waals surface area contributed by atoms with Crippen molar-refractivity contribution in [3.8, 4) is 0 Å². The van der Waals surface area contributed by atoms with Gasteiger partial charge in [0.2, 0.25) is 0 Å². The predicted molar refractivity (Wildman–Crippen MR) is 207 cm³/mol. The Hall–Kier alpha value is -5.86. The van der Waals surface area contributed by atoms with Crippen LogP contribution in [0.5, 0.6) is 0 Å². The molecule has 0 aromatic heterocycles. The number of aryl methyl sites for hydroxylation is 4. The standard InChI is InChI=1S/C46H38N2/c1-31-11-7-15-35(25-31)47(36-16-8-12-32(2)26-36)39-21-23-43-44-24-22-40(30-46(44)42-20-6-5-19-41(42)45(43)29-39)48(37-17-9-13-33(3)27-37)38-18-10-14-34(4)28-38/h5-30H,1-4H3. The fourth-order valence-electron chi connectivity index (χ4n) is 7.17. The van der Waals surface area contributed by atoms with E-state index in [2.05, 4.69) is 195 Å². The van der Waals surface area contributed by atoms with Gasteiger partial charge in [-0.1, -0.05) is 84.9 Å². The Labute approximate surface area is 283 Å². The van der Waals surface area contributed by atoms with Crippen LogP contribution >= 0.6 is 0 Å². The molecule has 0 radical (unpaired) electrons. The lowest BCUT2D eigenvalue weighted by atomic mass is 9.93. The van der Waals surface area contributed by atoms with Crippen LogP contribution in [0.15, 0.2) is 158 Å². The molecule has 0 aliphatic carbocycles. The number of fused-ring (bicyclic) bond motifs is 6. The molecule has 0 amide bonds. The second-order valence-electron chi connectivity index (χ2n) is 13.0. The first kappa shape index (κ1) is 29.5. The zero-order valence-electron chi connectivity index (χ0n) is 27.9. The third kappa shape index (κ3) is 5.36. The molecule has 0 aliphatic heterocycles. The number of nitrogens with zero attached hydrogens (tertiary/aromatic N) is 2. The highest BCUT2D eigenvalue weighted by molar-refractivity contribution is 6.26. The molecule has 48 heavy (non-hydrogen) atoms. The van der Waals surface area contributed by atoms with E-state index in [4.69, 9.17) is 0 Å². The third-order valence-electron chi connectivity index (χ3n) is 9.36. The Bertz CT molecular complexity index is 2190. The van der Waals surface area contributed by atoms with E-state index in [1.165, 1.54) is 54.6 Å². The van der Waals surface area contributed by atoms with E-state index < -0.39 is 0 Å². The summed E-state index contributed by atoms with van der Waals surface area (Å²) in [5.41, 5.74) is 11.9. The normalized spacial score (nSPS) is 11.3. The quantitative estimate of drug-likeness (QED) is 0.171. The van der Waals surface area contributed by atoms with Crippen LogP contribution in [0.1, 0.15) is 22.3 Å². The average molecular weight is 619 g/mol. The summed E-state index contributed by atoms with van der Waals surface area (Å²) in [6.07, 6.45) is 0. The van der Waals surface area contributed by atoms with Crippen molar-refractivity contribution in [2.45, 2.75) is 27.7 Å². The van der Waals surface area contributed by atoms with Crippen LogP contribution in [0.3, 0.4) is 0 Å². The SMILES string of the molecule is Cc1cccc(N(c2cccc(C)c2)c2ccc3c4ccc(N(c5cccc(C)c5)c5cccc(C)c5)cc4c4ccccc4c3c2)c1. The summed E-state index contributed by atoms with van der Waals surface area (Å²) in [4.78, 5) is 4.76. The summed E-state index contributed by atoms with van der Waals surface area (Å²) in [7, 11) is 0. The molecule has 2 nitrogen and oxygen atoms in total. The van der Waals surface area contributed by atoms with Crippen LogP contribution in [0.2, 0.25) is 0 Å². The molecular formula is C46H38N2. The van der Waals surface area contributed by atoms with Gasteiger partial charge in [-0.2, -0.15) is 0 Å². The lowest BCUT2D eigenvalue weighted by Crippen LogP contribution is -2.10. The van der Waals surface area contributed by atoms with E-state index in [9.17, 15) is 0 Å². The van der Waals surface area contributed by atoms with E-state index in [0.29, 0.717) is 0 Å². The van der Waals surface area contributed by atoms with Crippen molar-refractivity contribution < 1.29 is 0 Å². The molecule has 2 heteroatoms.